The Morgan fingerprint density at radius 2 is 2.10 bits per heavy atom. The number of fused-ring (bicyclic) bond motifs is 1. The molecule has 0 saturated heterocycles. The van der Waals surface area contributed by atoms with Gasteiger partial charge in [0.1, 0.15) is 0 Å². The fourth-order valence-corrected chi connectivity index (χ4v) is 2.60. The monoisotopic (exact) mass is 294 g/mol. The third kappa shape index (κ3) is 3.65. The molecule has 116 valence electrons. The van der Waals surface area contributed by atoms with Gasteiger partial charge in [0.05, 0.1) is 20.8 Å². The minimum Gasteiger partial charge on any atom is -0.493 e. The average Bonchev–Trinajstić information content (AvgIpc) is 2.51. The van der Waals surface area contributed by atoms with E-state index in [-0.39, 0.29) is 25.1 Å². The third-order valence-corrected chi connectivity index (χ3v) is 3.63. The van der Waals surface area contributed by atoms with Crippen LogP contribution >= 0.6 is 0 Å². The van der Waals surface area contributed by atoms with Gasteiger partial charge in [-0.15, -0.1) is 0 Å². The molecule has 3 N–H and O–H groups in total. The van der Waals surface area contributed by atoms with Gasteiger partial charge in [-0.2, -0.15) is 0 Å². The molecule has 6 heteroatoms. The maximum atomic E-state index is 11.8. The van der Waals surface area contributed by atoms with Crippen LogP contribution in [0.1, 0.15) is 23.6 Å². The van der Waals surface area contributed by atoms with Gasteiger partial charge in [0, 0.05) is 19.0 Å². The van der Waals surface area contributed by atoms with Crippen LogP contribution in [0.15, 0.2) is 12.1 Å². The second-order valence-corrected chi connectivity index (χ2v) is 4.94. The first-order chi connectivity index (χ1) is 10.2. The van der Waals surface area contributed by atoms with Crippen molar-refractivity contribution in [3.8, 4) is 11.5 Å². The third-order valence-electron chi connectivity index (χ3n) is 3.63. The molecule has 1 aromatic rings. The quantitative estimate of drug-likeness (QED) is 0.707. The molecule has 21 heavy (non-hydrogen) atoms. The Balaban J connectivity index is 2.19. The van der Waals surface area contributed by atoms with Crippen molar-refractivity contribution in [2.24, 2.45) is 0 Å². The van der Waals surface area contributed by atoms with E-state index in [0.29, 0.717) is 17.9 Å². The number of ether oxygens (including phenoxy) is 2. The summed E-state index contributed by atoms with van der Waals surface area (Å²) in [5.41, 5.74) is 2.24. The van der Waals surface area contributed by atoms with Crippen molar-refractivity contribution in [2.45, 2.75) is 18.9 Å². The minimum absolute atomic E-state index is 0.0488. The van der Waals surface area contributed by atoms with Crippen molar-refractivity contribution in [1.29, 1.82) is 0 Å². The number of nitrogens with one attached hydrogen (secondary N) is 2. The van der Waals surface area contributed by atoms with Crippen LogP contribution in [0, 0.1) is 0 Å². The van der Waals surface area contributed by atoms with Crippen LogP contribution in [-0.2, 0) is 11.2 Å². The summed E-state index contributed by atoms with van der Waals surface area (Å²) in [6.07, 6.45) is 1.23. The summed E-state index contributed by atoms with van der Waals surface area (Å²) in [4.78, 5) is 11.8. The van der Waals surface area contributed by atoms with Crippen LogP contribution in [0.25, 0.3) is 0 Å². The highest BCUT2D eigenvalue weighted by atomic mass is 16.5. The van der Waals surface area contributed by atoms with Crippen molar-refractivity contribution in [3.05, 3.63) is 23.3 Å². The number of methoxy groups -OCH3 is 2. The molecular formula is C15H22N2O4. The zero-order valence-corrected chi connectivity index (χ0v) is 12.4. The lowest BCUT2D eigenvalue weighted by Gasteiger charge is -2.27. The topological polar surface area (TPSA) is 79.8 Å². The lowest BCUT2D eigenvalue weighted by atomic mass is 9.91. The molecule has 0 spiro atoms. The maximum Gasteiger partial charge on any atom is 0.221 e. The van der Waals surface area contributed by atoms with E-state index in [1.54, 1.807) is 14.2 Å². The summed E-state index contributed by atoms with van der Waals surface area (Å²) >= 11 is 0. The van der Waals surface area contributed by atoms with Gasteiger partial charge in [-0.1, -0.05) is 0 Å². The number of aliphatic hydroxyl groups excluding tert-OH is 1. The van der Waals surface area contributed by atoms with Gasteiger partial charge >= 0.3 is 0 Å². The fourth-order valence-electron chi connectivity index (χ4n) is 2.60. The molecule has 0 bridgehead atoms. The van der Waals surface area contributed by atoms with Gasteiger partial charge in [0.25, 0.3) is 0 Å². The Labute approximate surface area is 124 Å². The van der Waals surface area contributed by atoms with Crippen molar-refractivity contribution in [2.75, 3.05) is 33.9 Å². The van der Waals surface area contributed by atoms with E-state index in [2.05, 4.69) is 10.6 Å². The lowest BCUT2D eigenvalue weighted by Crippen LogP contribution is -2.35. The van der Waals surface area contributed by atoms with E-state index in [1.165, 1.54) is 5.56 Å². The standard InChI is InChI=1S/C15H22N2O4/c1-20-13-7-10-3-4-16-12(9-15(19)17-5-6-18)11(10)8-14(13)21-2/h7-8,12,16,18H,3-6,9H2,1-2H3,(H,17,19)/t12-/m1/s1. The molecule has 0 aromatic heterocycles. The number of carbonyl (C=O) groups is 1. The smallest absolute Gasteiger partial charge is 0.221 e. The summed E-state index contributed by atoms with van der Waals surface area (Å²) < 4.78 is 10.7. The van der Waals surface area contributed by atoms with Crippen LogP contribution in [0.4, 0.5) is 0 Å². The predicted molar refractivity (Wildman–Crippen MR) is 78.7 cm³/mol. The second kappa shape index (κ2) is 7.28. The average molecular weight is 294 g/mol. The van der Waals surface area contributed by atoms with Crippen LogP contribution in [0.2, 0.25) is 0 Å². The number of benzene rings is 1. The molecule has 1 atom stereocenters. The molecule has 0 fully saturated rings. The van der Waals surface area contributed by atoms with E-state index in [9.17, 15) is 4.79 Å². The highest BCUT2D eigenvalue weighted by Gasteiger charge is 2.24. The van der Waals surface area contributed by atoms with Crippen LogP contribution < -0.4 is 20.1 Å². The van der Waals surface area contributed by atoms with E-state index in [1.807, 2.05) is 12.1 Å². The van der Waals surface area contributed by atoms with Crippen LogP contribution in [-0.4, -0.2) is 44.9 Å². The zero-order chi connectivity index (χ0) is 15.2. The Morgan fingerprint density at radius 1 is 1.38 bits per heavy atom. The number of aliphatic hydroxyl groups is 1. The summed E-state index contributed by atoms with van der Waals surface area (Å²) in [6, 6.07) is 3.87. The predicted octanol–water partition coefficient (Wildman–Crippen LogP) is 0.389. The molecule has 0 saturated carbocycles. The number of rotatable bonds is 6. The number of amides is 1. The van der Waals surface area contributed by atoms with Crippen molar-refractivity contribution in [1.82, 2.24) is 10.6 Å². The SMILES string of the molecule is COc1cc2c(cc1OC)[C@@H](CC(=O)NCCO)NCC2. The Hall–Kier alpha value is -1.79. The molecule has 0 aliphatic carbocycles. The number of hydrogen-bond donors (Lipinski definition) is 3. The van der Waals surface area contributed by atoms with Gasteiger partial charge in [-0.05, 0) is 36.2 Å². The Morgan fingerprint density at radius 3 is 2.76 bits per heavy atom. The van der Waals surface area contributed by atoms with Gasteiger partial charge in [0.15, 0.2) is 11.5 Å². The van der Waals surface area contributed by atoms with Gasteiger partial charge in [-0.25, -0.2) is 0 Å². The number of carbonyl (C=O) groups excluding carboxylic acids is 1. The molecule has 1 amide bonds. The minimum atomic E-state index is -0.0795. The molecule has 1 aliphatic heterocycles. The first-order valence-electron chi connectivity index (χ1n) is 7.05. The van der Waals surface area contributed by atoms with E-state index >= 15 is 0 Å². The second-order valence-electron chi connectivity index (χ2n) is 4.94. The summed E-state index contributed by atoms with van der Waals surface area (Å²) in [5, 5.41) is 14.8. The van der Waals surface area contributed by atoms with Crippen molar-refractivity contribution >= 4 is 5.91 Å². The highest BCUT2D eigenvalue weighted by Crippen LogP contribution is 2.36. The maximum absolute atomic E-state index is 11.8. The van der Waals surface area contributed by atoms with E-state index in [4.69, 9.17) is 14.6 Å². The first-order valence-corrected chi connectivity index (χ1v) is 7.05. The molecule has 0 radical (unpaired) electrons. The molecule has 0 unspecified atom stereocenters. The Bertz CT molecular complexity index is 505. The molecule has 1 aromatic carbocycles. The number of hydrogen-bond acceptors (Lipinski definition) is 5. The highest BCUT2D eigenvalue weighted by molar-refractivity contribution is 5.77. The molecular weight excluding hydrogens is 272 g/mol. The normalized spacial score (nSPS) is 17.0. The van der Waals surface area contributed by atoms with Crippen molar-refractivity contribution in [3.63, 3.8) is 0 Å². The van der Waals surface area contributed by atoms with Crippen molar-refractivity contribution < 1.29 is 19.4 Å². The summed E-state index contributed by atoms with van der Waals surface area (Å²) in [6.45, 7) is 1.05. The van der Waals surface area contributed by atoms with E-state index in [0.717, 1.165) is 18.5 Å². The van der Waals surface area contributed by atoms with Crippen LogP contribution in [0.5, 0.6) is 11.5 Å². The largest absolute Gasteiger partial charge is 0.493 e. The van der Waals surface area contributed by atoms with Gasteiger partial charge in [-0.3, -0.25) is 4.79 Å². The molecule has 6 nitrogen and oxygen atoms in total. The summed E-state index contributed by atoms with van der Waals surface area (Å²) in [7, 11) is 3.22. The fraction of sp³-hybridized carbons (Fsp3) is 0.533. The van der Waals surface area contributed by atoms with E-state index < -0.39 is 0 Å². The molecule has 1 heterocycles. The van der Waals surface area contributed by atoms with Gasteiger partial charge in [0.2, 0.25) is 5.91 Å². The zero-order valence-electron chi connectivity index (χ0n) is 12.4. The first kappa shape index (κ1) is 15.6. The summed E-state index contributed by atoms with van der Waals surface area (Å²) in [5.74, 6) is 1.30. The van der Waals surface area contributed by atoms with Crippen LogP contribution in [0.3, 0.4) is 0 Å². The molecule has 2 rings (SSSR count). The Kier molecular flexibility index (Phi) is 5.41. The molecule has 1 aliphatic rings. The van der Waals surface area contributed by atoms with Gasteiger partial charge < -0.3 is 25.2 Å². The lowest BCUT2D eigenvalue weighted by molar-refractivity contribution is -0.121.